The van der Waals surface area contributed by atoms with Gasteiger partial charge in [0.05, 0.1) is 18.1 Å². The molecule has 1 fully saturated rings. The third-order valence-electron chi connectivity index (χ3n) is 3.13. The van der Waals surface area contributed by atoms with Gasteiger partial charge in [0.15, 0.2) is 0 Å². The molecule has 0 spiro atoms. The predicted molar refractivity (Wildman–Crippen MR) is 62.5 cm³/mol. The summed E-state index contributed by atoms with van der Waals surface area (Å²) in [4.78, 5) is 17.7. The first kappa shape index (κ1) is 11.5. The summed E-state index contributed by atoms with van der Waals surface area (Å²) in [6, 6.07) is 0. The number of nitrogens with zero attached hydrogens (tertiary/aromatic N) is 2. The molecule has 0 saturated carbocycles. The van der Waals surface area contributed by atoms with Crippen molar-refractivity contribution >= 4 is 17.2 Å². The van der Waals surface area contributed by atoms with Crippen LogP contribution < -0.4 is 0 Å². The minimum atomic E-state index is -0.708. The first-order valence-corrected chi connectivity index (χ1v) is 6.24. The highest BCUT2D eigenvalue weighted by Crippen LogP contribution is 2.29. The number of likely N-dealkylation sites (tertiary alicyclic amines) is 1. The molecule has 1 aliphatic heterocycles. The summed E-state index contributed by atoms with van der Waals surface area (Å²) in [5.41, 5.74) is -0.214. The van der Waals surface area contributed by atoms with Crippen LogP contribution in [-0.2, 0) is 0 Å². The fraction of sp³-hybridized carbons (Fsp3) is 0.636. The molecule has 0 unspecified atom stereocenters. The molecule has 0 aliphatic carbocycles. The second-order valence-electron chi connectivity index (χ2n) is 4.67. The van der Waals surface area contributed by atoms with Crippen molar-refractivity contribution in [1.29, 1.82) is 0 Å². The number of amides is 1. The van der Waals surface area contributed by atoms with Gasteiger partial charge < -0.3 is 10.0 Å². The average molecular weight is 240 g/mol. The van der Waals surface area contributed by atoms with E-state index in [-0.39, 0.29) is 11.8 Å². The Hall–Kier alpha value is -0.940. The number of hydrogen-bond acceptors (Lipinski definition) is 4. The molecule has 1 aromatic rings. The van der Waals surface area contributed by atoms with Gasteiger partial charge in [0, 0.05) is 5.38 Å². The maximum absolute atomic E-state index is 11.9. The largest absolute Gasteiger partial charge is 0.386 e. The number of carbonyl (C=O) groups is 1. The van der Waals surface area contributed by atoms with E-state index < -0.39 is 5.60 Å². The van der Waals surface area contributed by atoms with Crippen molar-refractivity contribution in [1.82, 2.24) is 9.88 Å². The molecule has 1 saturated heterocycles. The number of aryl methyl sites for hydroxylation is 1. The van der Waals surface area contributed by atoms with E-state index in [4.69, 9.17) is 0 Å². The van der Waals surface area contributed by atoms with Gasteiger partial charge in [-0.2, -0.15) is 0 Å². The molecular formula is C11H16N2O2S. The number of hydrogen-bond donors (Lipinski definition) is 1. The lowest BCUT2D eigenvalue weighted by Crippen LogP contribution is -2.66. The van der Waals surface area contributed by atoms with E-state index in [1.165, 1.54) is 11.3 Å². The van der Waals surface area contributed by atoms with Gasteiger partial charge in [-0.1, -0.05) is 13.8 Å². The highest BCUT2D eigenvalue weighted by molar-refractivity contribution is 7.09. The lowest BCUT2D eigenvalue weighted by molar-refractivity contribution is -0.111. The van der Waals surface area contributed by atoms with E-state index in [0.29, 0.717) is 18.8 Å². The molecule has 1 amide bonds. The zero-order valence-electron chi connectivity index (χ0n) is 9.73. The Morgan fingerprint density at radius 1 is 1.62 bits per heavy atom. The summed E-state index contributed by atoms with van der Waals surface area (Å²) in [5, 5.41) is 12.7. The third kappa shape index (κ3) is 1.85. The maximum Gasteiger partial charge on any atom is 0.273 e. The van der Waals surface area contributed by atoms with Crippen LogP contribution in [0.4, 0.5) is 0 Å². The highest BCUT2D eigenvalue weighted by atomic mass is 32.1. The quantitative estimate of drug-likeness (QED) is 0.847. The zero-order valence-corrected chi connectivity index (χ0v) is 10.5. The molecule has 2 heterocycles. The summed E-state index contributed by atoms with van der Waals surface area (Å²) in [6.45, 7) is 6.64. The summed E-state index contributed by atoms with van der Waals surface area (Å²) >= 11 is 1.47. The molecule has 0 bridgehead atoms. The van der Waals surface area contributed by atoms with Gasteiger partial charge in [0.1, 0.15) is 11.3 Å². The summed E-state index contributed by atoms with van der Waals surface area (Å²) < 4.78 is 0. The Balaban J connectivity index is 2.00. The smallest absolute Gasteiger partial charge is 0.273 e. The molecule has 0 radical (unpaired) electrons. The van der Waals surface area contributed by atoms with Crippen LogP contribution >= 0.6 is 11.3 Å². The maximum atomic E-state index is 11.9. The monoisotopic (exact) mass is 240 g/mol. The zero-order chi connectivity index (χ0) is 11.9. The Kier molecular flexibility index (Phi) is 2.75. The van der Waals surface area contributed by atoms with Crippen LogP contribution in [-0.4, -0.2) is 39.6 Å². The number of thiazole rings is 1. The van der Waals surface area contributed by atoms with E-state index >= 15 is 0 Å². The van der Waals surface area contributed by atoms with Gasteiger partial charge in [-0.3, -0.25) is 4.79 Å². The second kappa shape index (κ2) is 3.82. The van der Waals surface area contributed by atoms with Gasteiger partial charge in [-0.25, -0.2) is 4.98 Å². The predicted octanol–water partition coefficient (Wildman–Crippen LogP) is 1.29. The number of β-amino-alcohol motifs (C(OH)–C–C–N with tert-alkyl or cyclic N) is 1. The number of aromatic nitrogens is 1. The number of aliphatic hydroxyl groups is 1. The Labute approximate surface area is 98.9 Å². The standard InChI is InChI=1S/C11H16N2O2S/c1-7(2)11(15)5-13(6-11)10(14)9-4-16-8(3)12-9/h4,7,15H,5-6H2,1-3H3. The van der Waals surface area contributed by atoms with Crippen LogP contribution in [0.1, 0.15) is 29.3 Å². The van der Waals surface area contributed by atoms with Crippen molar-refractivity contribution < 1.29 is 9.90 Å². The molecule has 2 rings (SSSR count). The molecular weight excluding hydrogens is 224 g/mol. The van der Waals surface area contributed by atoms with Crippen molar-refractivity contribution in [2.45, 2.75) is 26.4 Å². The van der Waals surface area contributed by atoms with E-state index in [2.05, 4.69) is 4.98 Å². The lowest BCUT2D eigenvalue weighted by Gasteiger charge is -2.48. The van der Waals surface area contributed by atoms with Crippen LogP contribution in [0.3, 0.4) is 0 Å². The molecule has 4 nitrogen and oxygen atoms in total. The normalized spacial score (nSPS) is 18.7. The lowest BCUT2D eigenvalue weighted by atomic mass is 9.83. The van der Waals surface area contributed by atoms with Crippen molar-refractivity contribution in [2.24, 2.45) is 5.92 Å². The van der Waals surface area contributed by atoms with Crippen molar-refractivity contribution in [3.63, 3.8) is 0 Å². The van der Waals surface area contributed by atoms with Crippen LogP contribution in [0.25, 0.3) is 0 Å². The second-order valence-corrected chi connectivity index (χ2v) is 5.73. The topological polar surface area (TPSA) is 53.4 Å². The van der Waals surface area contributed by atoms with E-state index in [1.54, 1.807) is 10.3 Å². The van der Waals surface area contributed by atoms with E-state index in [0.717, 1.165) is 5.01 Å². The summed E-state index contributed by atoms with van der Waals surface area (Å²) in [6.07, 6.45) is 0. The average Bonchev–Trinajstić information content (AvgIpc) is 2.58. The Morgan fingerprint density at radius 2 is 2.25 bits per heavy atom. The van der Waals surface area contributed by atoms with Crippen LogP contribution in [0.5, 0.6) is 0 Å². The van der Waals surface area contributed by atoms with Crippen molar-refractivity contribution in [3.8, 4) is 0 Å². The fourth-order valence-corrected chi connectivity index (χ4v) is 2.33. The highest BCUT2D eigenvalue weighted by Gasteiger charge is 2.46. The first-order chi connectivity index (χ1) is 7.42. The fourth-order valence-electron chi connectivity index (χ4n) is 1.75. The molecule has 1 aliphatic rings. The summed E-state index contributed by atoms with van der Waals surface area (Å²) in [5.74, 6) is 0.100. The van der Waals surface area contributed by atoms with Gasteiger partial charge >= 0.3 is 0 Å². The summed E-state index contributed by atoms with van der Waals surface area (Å²) in [7, 11) is 0. The molecule has 5 heteroatoms. The number of carbonyl (C=O) groups excluding carboxylic acids is 1. The van der Waals surface area contributed by atoms with Gasteiger partial charge in [-0.15, -0.1) is 11.3 Å². The Bertz CT molecular complexity index is 408. The first-order valence-electron chi connectivity index (χ1n) is 5.36. The number of rotatable bonds is 2. The molecule has 1 N–H and O–H groups in total. The van der Waals surface area contributed by atoms with Crippen LogP contribution in [0, 0.1) is 12.8 Å². The molecule has 1 aromatic heterocycles. The van der Waals surface area contributed by atoms with E-state index in [9.17, 15) is 9.90 Å². The minimum Gasteiger partial charge on any atom is -0.386 e. The van der Waals surface area contributed by atoms with Gasteiger partial charge in [0.25, 0.3) is 5.91 Å². The SMILES string of the molecule is Cc1nc(C(=O)N2CC(O)(C(C)C)C2)cs1. The van der Waals surface area contributed by atoms with E-state index in [1.807, 2.05) is 20.8 Å². The van der Waals surface area contributed by atoms with Crippen molar-refractivity contribution in [2.75, 3.05) is 13.1 Å². The van der Waals surface area contributed by atoms with Crippen LogP contribution in [0.2, 0.25) is 0 Å². The van der Waals surface area contributed by atoms with Gasteiger partial charge in [0.2, 0.25) is 0 Å². The molecule has 0 aromatic carbocycles. The minimum absolute atomic E-state index is 0.0744. The molecule has 0 atom stereocenters. The molecule has 88 valence electrons. The molecule has 16 heavy (non-hydrogen) atoms. The van der Waals surface area contributed by atoms with Crippen LogP contribution in [0.15, 0.2) is 5.38 Å². The Morgan fingerprint density at radius 3 is 2.69 bits per heavy atom. The van der Waals surface area contributed by atoms with Crippen molar-refractivity contribution in [3.05, 3.63) is 16.1 Å². The third-order valence-corrected chi connectivity index (χ3v) is 3.90. The van der Waals surface area contributed by atoms with Gasteiger partial charge in [-0.05, 0) is 12.8 Å².